The maximum Gasteiger partial charge on any atom is 0.315 e. The molecule has 4 heteroatoms. The fraction of sp³-hybridized carbons (Fsp3) is 0.682. The van der Waals surface area contributed by atoms with Crippen molar-refractivity contribution in [2.24, 2.45) is 17.8 Å². The molecule has 2 N–H and O–H groups in total. The van der Waals surface area contributed by atoms with Gasteiger partial charge in [0.1, 0.15) is 0 Å². The van der Waals surface area contributed by atoms with Crippen molar-refractivity contribution >= 4 is 6.03 Å². The number of benzene rings is 1. The van der Waals surface area contributed by atoms with E-state index in [1.807, 2.05) is 0 Å². The molecule has 0 atom stereocenters. The minimum absolute atomic E-state index is 0.000619. The van der Waals surface area contributed by atoms with Gasteiger partial charge in [-0.15, -0.1) is 0 Å². The van der Waals surface area contributed by atoms with Crippen LogP contribution in [0.25, 0.3) is 0 Å². The summed E-state index contributed by atoms with van der Waals surface area (Å²) in [6, 6.07) is 8.51. The molecule has 4 nitrogen and oxygen atoms in total. The lowest BCUT2D eigenvalue weighted by Gasteiger charge is -2.56. The molecular formula is C22H30N2O2. The number of urea groups is 1. The maximum absolute atomic E-state index is 12.7. The zero-order chi connectivity index (χ0) is 17.8. The van der Waals surface area contributed by atoms with Crippen molar-refractivity contribution in [2.75, 3.05) is 13.7 Å². The van der Waals surface area contributed by atoms with Gasteiger partial charge in [-0.05, 0) is 67.4 Å². The second kappa shape index (κ2) is 5.98. The summed E-state index contributed by atoms with van der Waals surface area (Å²) in [5, 5.41) is 6.56. The van der Waals surface area contributed by atoms with Gasteiger partial charge >= 0.3 is 6.03 Å². The molecule has 0 saturated heterocycles. The van der Waals surface area contributed by atoms with Crippen molar-refractivity contribution in [1.82, 2.24) is 10.6 Å². The van der Waals surface area contributed by atoms with Gasteiger partial charge < -0.3 is 15.4 Å². The lowest BCUT2D eigenvalue weighted by atomic mass is 9.53. The molecule has 0 aromatic heterocycles. The third-order valence-electron chi connectivity index (χ3n) is 7.56. The summed E-state index contributed by atoms with van der Waals surface area (Å²) in [5.74, 6) is 2.53. The quantitative estimate of drug-likeness (QED) is 0.870. The predicted molar refractivity (Wildman–Crippen MR) is 101 cm³/mol. The zero-order valence-electron chi connectivity index (χ0n) is 15.7. The molecule has 0 heterocycles. The highest BCUT2D eigenvalue weighted by atomic mass is 16.5. The van der Waals surface area contributed by atoms with Crippen molar-refractivity contribution in [3.05, 3.63) is 35.4 Å². The van der Waals surface area contributed by atoms with Gasteiger partial charge in [0.25, 0.3) is 0 Å². The zero-order valence-corrected chi connectivity index (χ0v) is 15.7. The van der Waals surface area contributed by atoms with Crippen LogP contribution in [0.1, 0.15) is 49.7 Å². The highest BCUT2D eigenvalue weighted by Gasteiger charge is 2.51. The van der Waals surface area contributed by atoms with Gasteiger partial charge in [-0.3, -0.25) is 0 Å². The van der Waals surface area contributed by atoms with Gasteiger partial charge in [-0.25, -0.2) is 4.79 Å². The summed E-state index contributed by atoms with van der Waals surface area (Å²) in [6.07, 6.45) is 9.50. The summed E-state index contributed by atoms with van der Waals surface area (Å²) in [7, 11) is 1.77. The molecule has 4 saturated carbocycles. The van der Waals surface area contributed by atoms with Crippen LogP contribution in [-0.2, 0) is 17.6 Å². The molecule has 0 aliphatic heterocycles. The van der Waals surface area contributed by atoms with E-state index in [1.54, 1.807) is 7.11 Å². The lowest BCUT2D eigenvalue weighted by molar-refractivity contribution is -0.0158. The van der Waals surface area contributed by atoms with Crippen molar-refractivity contribution in [3.63, 3.8) is 0 Å². The smallest absolute Gasteiger partial charge is 0.315 e. The van der Waals surface area contributed by atoms with Gasteiger partial charge in [-0.2, -0.15) is 0 Å². The molecule has 0 spiro atoms. The molecule has 5 aliphatic carbocycles. The standard InChI is InChI=1S/C22H30N2O2/c1-26-22(12-18-4-2-3-5-19(18)13-22)14-23-20(25)24-21-9-15-6-16(10-21)8-17(7-15)11-21/h2-5,15-17H,6-14H2,1H3,(H2,23,24,25). The predicted octanol–water partition coefficient (Wildman–Crippen LogP) is 3.44. The molecular weight excluding hydrogens is 324 g/mol. The van der Waals surface area contributed by atoms with Crippen molar-refractivity contribution in [2.45, 2.75) is 62.5 Å². The van der Waals surface area contributed by atoms with Crippen LogP contribution in [0.3, 0.4) is 0 Å². The lowest BCUT2D eigenvalue weighted by Crippen LogP contribution is -2.62. The highest BCUT2D eigenvalue weighted by molar-refractivity contribution is 5.75. The molecule has 140 valence electrons. The van der Waals surface area contributed by atoms with Crippen LogP contribution in [0.15, 0.2) is 24.3 Å². The van der Waals surface area contributed by atoms with Crippen LogP contribution in [0, 0.1) is 17.8 Å². The molecule has 1 aromatic carbocycles. The monoisotopic (exact) mass is 354 g/mol. The number of ether oxygens (including phenoxy) is 1. The van der Waals surface area contributed by atoms with Gasteiger partial charge in [0.15, 0.2) is 0 Å². The molecule has 4 fully saturated rings. The van der Waals surface area contributed by atoms with Crippen molar-refractivity contribution in [3.8, 4) is 0 Å². The topological polar surface area (TPSA) is 50.4 Å². The fourth-order valence-electron chi connectivity index (χ4n) is 6.79. The molecule has 1 aromatic rings. The largest absolute Gasteiger partial charge is 0.376 e. The number of hydrogen-bond donors (Lipinski definition) is 2. The minimum atomic E-state index is -0.303. The van der Waals surface area contributed by atoms with Crippen LogP contribution >= 0.6 is 0 Å². The Morgan fingerprint density at radius 1 is 1.04 bits per heavy atom. The third-order valence-corrected chi connectivity index (χ3v) is 7.56. The van der Waals surface area contributed by atoms with Crippen LogP contribution in [0.2, 0.25) is 0 Å². The number of nitrogens with one attached hydrogen (secondary N) is 2. The average Bonchev–Trinajstić information content (AvgIpc) is 2.98. The number of methoxy groups -OCH3 is 1. The number of carbonyl (C=O) groups excluding carboxylic acids is 1. The Morgan fingerprint density at radius 3 is 2.08 bits per heavy atom. The second-order valence-corrected chi connectivity index (χ2v) is 9.51. The van der Waals surface area contributed by atoms with Crippen molar-refractivity contribution in [1.29, 1.82) is 0 Å². The third kappa shape index (κ3) is 2.83. The maximum atomic E-state index is 12.7. The minimum Gasteiger partial charge on any atom is -0.376 e. The van der Waals surface area contributed by atoms with E-state index in [-0.39, 0.29) is 17.2 Å². The van der Waals surface area contributed by atoms with E-state index < -0.39 is 0 Å². The SMILES string of the molecule is COC1(CNC(=O)NC23CC4CC(CC(C4)C2)C3)Cc2ccccc2C1. The van der Waals surface area contributed by atoms with E-state index in [0.717, 1.165) is 30.6 Å². The van der Waals surface area contributed by atoms with Crippen LogP contribution in [0.4, 0.5) is 4.79 Å². The number of amides is 2. The Labute approximate surface area is 156 Å². The average molecular weight is 354 g/mol. The molecule has 2 amide bonds. The molecule has 6 rings (SSSR count). The molecule has 5 aliphatic rings. The van der Waals surface area contributed by atoms with Crippen LogP contribution < -0.4 is 10.6 Å². The van der Waals surface area contributed by atoms with E-state index in [1.165, 1.54) is 49.7 Å². The van der Waals surface area contributed by atoms with E-state index >= 15 is 0 Å². The first-order valence-electron chi connectivity index (χ1n) is 10.3. The number of carbonyl (C=O) groups is 1. The number of rotatable bonds is 4. The Morgan fingerprint density at radius 2 is 1.58 bits per heavy atom. The van der Waals surface area contributed by atoms with Gasteiger partial charge in [0, 0.05) is 32.0 Å². The molecule has 4 bridgehead atoms. The van der Waals surface area contributed by atoms with E-state index in [2.05, 4.69) is 34.9 Å². The summed E-state index contributed by atoms with van der Waals surface area (Å²) < 4.78 is 5.88. The van der Waals surface area contributed by atoms with E-state index in [4.69, 9.17) is 4.74 Å². The first kappa shape index (κ1) is 16.6. The van der Waals surface area contributed by atoms with Crippen molar-refractivity contribution < 1.29 is 9.53 Å². The molecule has 26 heavy (non-hydrogen) atoms. The Bertz CT molecular complexity index is 654. The first-order valence-corrected chi connectivity index (χ1v) is 10.3. The van der Waals surface area contributed by atoms with Crippen LogP contribution in [-0.4, -0.2) is 30.8 Å². The molecule has 0 radical (unpaired) electrons. The summed E-state index contributed by atoms with van der Waals surface area (Å²) in [6.45, 7) is 0.566. The van der Waals surface area contributed by atoms with Gasteiger partial charge in [0.05, 0.1) is 5.60 Å². The van der Waals surface area contributed by atoms with E-state index in [9.17, 15) is 4.79 Å². The summed E-state index contributed by atoms with van der Waals surface area (Å²) >= 11 is 0. The van der Waals surface area contributed by atoms with E-state index in [0.29, 0.717) is 6.54 Å². The Hall–Kier alpha value is -1.55. The normalized spacial score (nSPS) is 36.0. The second-order valence-electron chi connectivity index (χ2n) is 9.51. The van der Waals surface area contributed by atoms with Crippen LogP contribution in [0.5, 0.6) is 0 Å². The Kier molecular flexibility index (Phi) is 3.82. The summed E-state index contributed by atoms with van der Waals surface area (Å²) in [5.41, 5.74) is 2.45. The molecule has 0 unspecified atom stereocenters. The Balaban J connectivity index is 1.21. The fourth-order valence-corrected chi connectivity index (χ4v) is 6.79. The number of hydrogen-bond acceptors (Lipinski definition) is 2. The van der Waals surface area contributed by atoms with Gasteiger partial charge in [-0.1, -0.05) is 24.3 Å². The first-order chi connectivity index (χ1) is 12.6. The number of fused-ring (bicyclic) bond motifs is 1. The van der Waals surface area contributed by atoms with Gasteiger partial charge in [0.2, 0.25) is 0 Å². The summed E-state index contributed by atoms with van der Waals surface area (Å²) in [4.78, 5) is 12.7. The highest BCUT2D eigenvalue weighted by Crippen LogP contribution is 2.55.